The van der Waals surface area contributed by atoms with Gasteiger partial charge in [-0.3, -0.25) is 4.68 Å². The number of hydrogen-bond acceptors (Lipinski definition) is 3. The predicted octanol–water partition coefficient (Wildman–Crippen LogP) is 2.80. The quantitative estimate of drug-likeness (QED) is 0.843. The average molecular weight is 273 g/mol. The number of hydrogen-bond donors (Lipinski definition) is 1. The molecule has 1 atom stereocenters. The lowest BCUT2D eigenvalue weighted by Crippen LogP contribution is -2.21. The van der Waals surface area contributed by atoms with Crippen LogP contribution in [0.1, 0.15) is 31.0 Å². The van der Waals surface area contributed by atoms with Gasteiger partial charge >= 0.3 is 0 Å². The molecule has 1 unspecified atom stereocenters. The Hall–Kier alpha value is -1.81. The lowest BCUT2D eigenvalue weighted by Gasteiger charge is -2.13. The van der Waals surface area contributed by atoms with Crippen molar-refractivity contribution >= 4 is 0 Å². The van der Waals surface area contributed by atoms with Crippen LogP contribution in [0.5, 0.6) is 5.75 Å². The number of nitrogens with one attached hydrogen (secondary N) is 1. The van der Waals surface area contributed by atoms with Gasteiger partial charge in [0.05, 0.1) is 13.3 Å². The summed E-state index contributed by atoms with van der Waals surface area (Å²) in [6, 6.07) is 8.47. The van der Waals surface area contributed by atoms with E-state index in [1.165, 1.54) is 11.1 Å². The van der Waals surface area contributed by atoms with E-state index in [1.54, 1.807) is 7.11 Å². The smallest absolute Gasteiger partial charge is 0.122 e. The van der Waals surface area contributed by atoms with E-state index < -0.39 is 0 Å². The van der Waals surface area contributed by atoms with Crippen LogP contribution in [0.4, 0.5) is 0 Å². The first-order chi connectivity index (χ1) is 9.74. The fourth-order valence-corrected chi connectivity index (χ4v) is 2.23. The SMILES string of the molecule is CCn1cc(C(C)NCCc2ccccc2OC)cn1. The number of benzene rings is 1. The highest BCUT2D eigenvalue weighted by atomic mass is 16.5. The van der Waals surface area contributed by atoms with Gasteiger partial charge in [0.2, 0.25) is 0 Å². The second-order valence-electron chi connectivity index (χ2n) is 4.87. The van der Waals surface area contributed by atoms with Crippen LogP contribution < -0.4 is 10.1 Å². The van der Waals surface area contributed by atoms with Crippen molar-refractivity contribution in [1.29, 1.82) is 0 Å². The Bertz CT molecular complexity index is 536. The van der Waals surface area contributed by atoms with E-state index in [4.69, 9.17) is 4.74 Å². The molecular weight excluding hydrogens is 250 g/mol. The van der Waals surface area contributed by atoms with Crippen LogP contribution in [0.15, 0.2) is 36.7 Å². The first-order valence-corrected chi connectivity index (χ1v) is 7.12. The van der Waals surface area contributed by atoms with E-state index in [1.807, 2.05) is 29.1 Å². The number of aromatic nitrogens is 2. The Morgan fingerprint density at radius 3 is 2.85 bits per heavy atom. The van der Waals surface area contributed by atoms with Crippen molar-refractivity contribution in [1.82, 2.24) is 15.1 Å². The summed E-state index contributed by atoms with van der Waals surface area (Å²) < 4.78 is 7.32. The average Bonchev–Trinajstić information content (AvgIpc) is 2.96. The fraction of sp³-hybridized carbons (Fsp3) is 0.438. The van der Waals surface area contributed by atoms with Crippen LogP contribution in [0.25, 0.3) is 0 Å². The standard InChI is InChI=1S/C16H23N3O/c1-4-19-12-15(11-18-19)13(2)17-10-9-14-7-5-6-8-16(14)20-3/h5-8,11-13,17H,4,9-10H2,1-3H3. The van der Waals surface area contributed by atoms with Crippen LogP contribution in [-0.2, 0) is 13.0 Å². The molecule has 2 rings (SSSR count). The Morgan fingerprint density at radius 2 is 2.15 bits per heavy atom. The van der Waals surface area contributed by atoms with E-state index in [0.29, 0.717) is 6.04 Å². The molecule has 0 bridgehead atoms. The zero-order valence-corrected chi connectivity index (χ0v) is 12.5. The highest BCUT2D eigenvalue weighted by Gasteiger charge is 2.08. The molecular formula is C16H23N3O. The molecule has 0 spiro atoms. The van der Waals surface area contributed by atoms with Gasteiger partial charge in [0.25, 0.3) is 0 Å². The maximum Gasteiger partial charge on any atom is 0.122 e. The predicted molar refractivity (Wildman–Crippen MR) is 81.0 cm³/mol. The third kappa shape index (κ3) is 3.61. The van der Waals surface area contributed by atoms with E-state index in [0.717, 1.165) is 25.3 Å². The molecule has 0 fully saturated rings. The highest BCUT2D eigenvalue weighted by Crippen LogP contribution is 2.18. The van der Waals surface area contributed by atoms with E-state index in [9.17, 15) is 0 Å². The van der Waals surface area contributed by atoms with Crippen molar-refractivity contribution in [2.24, 2.45) is 0 Å². The second-order valence-corrected chi connectivity index (χ2v) is 4.87. The summed E-state index contributed by atoms with van der Waals surface area (Å²) in [5, 5.41) is 7.83. The van der Waals surface area contributed by atoms with Crippen LogP contribution in [-0.4, -0.2) is 23.4 Å². The van der Waals surface area contributed by atoms with Gasteiger partial charge < -0.3 is 10.1 Å². The number of aryl methyl sites for hydroxylation is 1. The van der Waals surface area contributed by atoms with Crippen molar-refractivity contribution < 1.29 is 4.74 Å². The monoisotopic (exact) mass is 273 g/mol. The molecule has 0 saturated heterocycles. The van der Waals surface area contributed by atoms with Gasteiger partial charge in [0.15, 0.2) is 0 Å². The van der Waals surface area contributed by atoms with Crippen molar-refractivity contribution in [3.05, 3.63) is 47.8 Å². The molecule has 20 heavy (non-hydrogen) atoms. The van der Waals surface area contributed by atoms with Crippen molar-refractivity contribution in [2.45, 2.75) is 32.9 Å². The molecule has 0 saturated carbocycles. The molecule has 4 nitrogen and oxygen atoms in total. The molecule has 1 N–H and O–H groups in total. The maximum atomic E-state index is 5.36. The van der Waals surface area contributed by atoms with Crippen LogP contribution in [0, 0.1) is 0 Å². The largest absolute Gasteiger partial charge is 0.496 e. The molecule has 4 heteroatoms. The van der Waals surface area contributed by atoms with Crippen molar-refractivity contribution in [3.63, 3.8) is 0 Å². The van der Waals surface area contributed by atoms with E-state index >= 15 is 0 Å². The summed E-state index contributed by atoms with van der Waals surface area (Å²) in [7, 11) is 1.72. The molecule has 1 heterocycles. The second kappa shape index (κ2) is 7.10. The Balaban J connectivity index is 1.86. The molecule has 0 amide bonds. The summed E-state index contributed by atoms with van der Waals surface area (Å²) in [5.41, 5.74) is 2.46. The normalized spacial score (nSPS) is 12.3. The number of methoxy groups -OCH3 is 1. The first-order valence-electron chi connectivity index (χ1n) is 7.12. The zero-order valence-electron chi connectivity index (χ0n) is 12.5. The number of para-hydroxylation sites is 1. The summed E-state index contributed by atoms with van der Waals surface area (Å²) in [6.45, 7) is 6.09. The molecule has 108 valence electrons. The van der Waals surface area contributed by atoms with Gasteiger partial charge in [0, 0.05) is 24.3 Å². The minimum atomic E-state index is 0.310. The summed E-state index contributed by atoms with van der Waals surface area (Å²) in [4.78, 5) is 0. The molecule has 0 radical (unpaired) electrons. The number of rotatable bonds is 7. The topological polar surface area (TPSA) is 39.1 Å². The lowest BCUT2D eigenvalue weighted by molar-refractivity contribution is 0.408. The third-order valence-corrected chi connectivity index (χ3v) is 3.51. The molecule has 2 aromatic rings. The van der Waals surface area contributed by atoms with Gasteiger partial charge in [-0.15, -0.1) is 0 Å². The highest BCUT2D eigenvalue weighted by molar-refractivity contribution is 5.33. The molecule has 0 aliphatic carbocycles. The number of nitrogens with zero attached hydrogens (tertiary/aromatic N) is 2. The van der Waals surface area contributed by atoms with Crippen LogP contribution in [0.2, 0.25) is 0 Å². The van der Waals surface area contributed by atoms with E-state index in [-0.39, 0.29) is 0 Å². The van der Waals surface area contributed by atoms with Crippen LogP contribution in [0.3, 0.4) is 0 Å². The minimum Gasteiger partial charge on any atom is -0.496 e. The molecule has 0 aliphatic rings. The van der Waals surface area contributed by atoms with Gasteiger partial charge in [-0.25, -0.2) is 0 Å². The molecule has 1 aromatic heterocycles. The van der Waals surface area contributed by atoms with Crippen molar-refractivity contribution in [3.8, 4) is 5.75 Å². The van der Waals surface area contributed by atoms with Gasteiger partial charge in [-0.05, 0) is 38.4 Å². The van der Waals surface area contributed by atoms with E-state index in [2.05, 4.69) is 36.5 Å². The van der Waals surface area contributed by atoms with Gasteiger partial charge in [-0.2, -0.15) is 5.10 Å². The maximum absolute atomic E-state index is 5.36. The fourth-order valence-electron chi connectivity index (χ4n) is 2.23. The summed E-state index contributed by atoms with van der Waals surface area (Å²) in [5.74, 6) is 0.959. The molecule has 0 aliphatic heterocycles. The third-order valence-electron chi connectivity index (χ3n) is 3.51. The minimum absolute atomic E-state index is 0.310. The van der Waals surface area contributed by atoms with Crippen LogP contribution >= 0.6 is 0 Å². The van der Waals surface area contributed by atoms with Crippen molar-refractivity contribution in [2.75, 3.05) is 13.7 Å². The first kappa shape index (κ1) is 14.6. The Labute approximate surface area is 120 Å². The summed E-state index contributed by atoms with van der Waals surface area (Å²) in [6.07, 6.45) is 4.99. The zero-order chi connectivity index (χ0) is 14.4. The Kier molecular flexibility index (Phi) is 5.18. The molecule has 1 aromatic carbocycles. The Morgan fingerprint density at radius 1 is 1.35 bits per heavy atom. The van der Waals surface area contributed by atoms with Gasteiger partial charge in [0.1, 0.15) is 5.75 Å². The summed E-state index contributed by atoms with van der Waals surface area (Å²) >= 11 is 0. The number of ether oxygens (including phenoxy) is 1. The lowest BCUT2D eigenvalue weighted by atomic mass is 10.1. The van der Waals surface area contributed by atoms with Gasteiger partial charge in [-0.1, -0.05) is 18.2 Å².